The second kappa shape index (κ2) is 5.48. The molecule has 0 unspecified atom stereocenters. The van der Waals surface area contributed by atoms with Crippen LogP contribution in [0.15, 0.2) is 36.5 Å². The van der Waals surface area contributed by atoms with E-state index >= 15 is 0 Å². The molecule has 0 saturated heterocycles. The topological polar surface area (TPSA) is 71.3 Å². The molecule has 0 atom stereocenters. The smallest absolute Gasteiger partial charge is 0.270 e. The molecule has 5 nitrogen and oxygen atoms in total. The molecule has 100 valence electrons. The minimum Gasteiger partial charge on any atom is -0.497 e. The number of ether oxygens (including phenoxy) is 1. The quantitative estimate of drug-likeness (QED) is 0.880. The number of nitrogens with one attached hydrogen (secondary N) is 1. The number of H-pyrrole nitrogens is 1. The number of aromatic nitrogens is 1. The Morgan fingerprint density at radius 1 is 1.37 bits per heavy atom. The lowest BCUT2D eigenvalue weighted by molar-refractivity contribution is 0.0780. The zero-order valence-corrected chi connectivity index (χ0v) is 11.0. The zero-order valence-electron chi connectivity index (χ0n) is 11.0. The molecule has 0 saturated carbocycles. The van der Waals surface area contributed by atoms with Crippen LogP contribution < -0.4 is 10.5 Å². The normalized spacial score (nSPS) is 10.2. The third-order valence-corrected chi connectivity index (χ3v) is 2.86. The molecule has 3 N–H and O–H groups in total. The number of amides is 1. The van der Waals surface area contributed by atoms with Crippen molar-refractivity contribution in [2.24, 2.45) is 0 Å². The van der Waals surface area contributed by atoms with Crippen molar-refractivity contribution in [2.45, 2.75) is 6.54 Å². The molecule has 2 rings (SSSR count). The van der Waals surface area contributed by atoms with E-state index in [-0.39, 0.29) is 5.91 Å². The number of methoxy groups -OCH3 is 1. The van der Waals surface area contributed by atoms with Crippen LogP contribution in [0.5, 0.6) is 5.75 Å². The molecular formula is C14H17N3O2. The fourth-order valence-electron chi connectivity index (χ4n) is 1.82. The monoisotopic (exact) mass is 259 g/mol. The molecule has 0 radical (unpaired) electrons. The highest BCUT2D eigenvalue weighted by atomic mass is 16.5. The van der Waals surface area contributed by atoms with Crippen LogP contribution in [0.3, 0.4) is 0 Å². The maximum absolute atomic E-state index is 12.1. The van der Waals surface area contributed by atoms with Crippen molar-refractivity contribution in [1.29, 1.82) is 0 Å². The van der Waals surface area contributed by atoms with Gasteiger partial charge in [-0.05, 0) is 23.8 Å². The fourth-order valence-corrected chi connectivity index (χ4v) is 1.82. The molecule has 0 aliphatic heterocycles. The summed E-state index contributed by atoms with van der Waals surface area (Å²) in [5, 5.41) is 0. The second-order valence-electron chi connectivity index (χ2n) is 4.36. The first-order chi connectivity index (χ1) is 9.10. The first kappa shape index (κ1) is 13.0. The van der Waals surface area contributed by atoms with Gasteiger partial charge in [-0.2, -0.15) is 0 Å². The highest BCUT2D eigenvalue weighted by molar-refractivity contribution is 5.93. The zero-order chi connectivity index (χ0) is 13.8. The van der Waals surface area contributed by atoms with E-state index in [9.17, 15) is 4.79 Å². The van der Waals surface area contributed by atoms with E-state index in [1.165, 1.54) is 0 Å². The summed E-state index contributed by atoms with van der Waals surface area (Å²) in [7, 11) is 3.38. The lowest BCUT2D eigenvalue weighted by Gasteiger charge is -2.16. The van der Waals surface area contributed by atoms with Gasteiger partial charge in [0.2, 0.25) is 0 Å². The minimum absolute atomic E-state index is 0.0903. The first-order valence-corrected chi connectivity index (χ1v) is 5.92. The maximum Gasteiger partial charge on any atom is 0.270 e. The van der Waals surface area contributed by atoms with E-state index in [4.69, 9.17) is 10.5 Å². The van der Waals surface area contributed by atoms with E-state index in [1.807, 2.05) is 24.3 Å². The molecule has 0 fully saturated rings. The van der Waals surface area contributed by atoms with Crippen LogP contribution in [0, 0.1) is 0 Å². The molecule has 5 heteroatoms. The summed E-state index contributed by atoms with van der Waals surface area (Å²) in [4.78, 5) is 16.6. The summed E-state index contributed by atoms with van der Waals surface area (Å²) in [6, 6.07) is 9.25. The summed E-state index contributed by atoms with van der Waals surface area (Å²) < 4.78 is 5.09. The highest BCUT2D eigenvalue weighted by Crippen LogP contribution is 2.14. The molecular weight excluding hydrogens is 242 g/mol. The van der Waals surface area contributed by atoms with Crippen molar-refractivity contribution >= 4 is 11.6 Å². The third-order valence-electron chi connectivity index (χ3n) is 2.86. The number of carbonyl (C=O) groups excluding carboxylic acids is 1. The summed E-state index contributed by atoms with van der Waals surface area (Å²) in [5.41, 5.74) is 7.67. The van der Waals surface area contributed by atoms with Gasteiger partial charge in [0.15, 0.2) is 0 Å². The number of carbonyl (C=O) groups is 1. The number of hydrogen-bond acceptors (Lipinski definition) is 3. The van der Waals surface area contributed by atoms with Gasteiger partial charge in [-0.3, -0.25) is 4.79 Å². The van der Waals surface area contributed by atoms with Gasteiger partial charge in [-0.1, -0.05) is 12.1 Å². The highest BCUT2D eigenvalue weighted by Gasteiger charge is 2.13. The van der Waals surface area contributed by atoms with Gasteiger partial charge in [0.25, 0.3) is 5.91 Å². The molecule has 2 aromatic rings. The Balaban J connectivity index is 2.03. The van der Waals surface area contributed by atoms with Gasteiger partial charge in [0, 0.05) is 25.5 Å². The number of anilines is 1. The van der Waals surface area contributed by atoms with E-state index < -0.39 is 0 Å². The molecule has 0 aliphatic carbocycles. The molecule has 1 aromatic heterocycles. The van der Waals surface area contributed by atoms with Crippen LogP contribution in [0.25, 0.3) is 0 Å². The molecule has 0 spiro atoms. The van der Waals surface area contributed by atoms with Crippen LogP contribution in [-0.4, -0.2) is 29.9 Å². The number of nitrogens with two attached hydrogens (primary N) is 1. The van der Waals surface area contributed by atoms with E-state index in [0.717, 1.165) is 11.3 Å². The molecule has 1 amide bonds. The van der Waals surface area contributed by atoms with Crippen molar-refractivity contribution in [3.63, 3.8) is 0 Å². The summed E-state index contributed by atoms with van der Waals surface area (Å²) >= 11 is 0. The van der Waals surface area contributed by atoms with Crippen molar-refractivity contribution in [3.05, 3.63) is 47.8 Å². The van der Waals surface area contributed by atoms with E-state index in [2.05, 4.69) is 4.98 Å². The number of hydrogen-bond donors (Lipinski definition) is 2. The summed E-state index contributed by atoms with van der Waals surface area (Å²) in [6.07, 6.45) is 1.61. The summed E-state index contributed by atoms with van der Waals surface area (Å²) in [5.74, 6) is 0.711. The Bertz CT molecular complexity index is 560. The van der Waals surface area contributed by atoms with Crippen molar-refractivity contribution in [1.82, 2.24) is 9.88 Å². The van der Waals surface area contributed by atoms with E-state index in [1.54, 1.807) is 31.3 Å². The average Bonchev–Trinajstić information content (AvgIpc) is 2.85. The molecule has 19 heavy (non-hydrogen) atoms. The number of benzene rings is 1. The average molecular weight is 259 g/mol. The van der Waals surface area contributed by atoms with Gasteiger partial charge < -0.3 is 20.4 Å². The van der Waals surface area contributed by atoms with Crippen molar-refractivity contribution in [3.8, 4) is 5.75 Å². The number of nitrogen functional groups attached to an aromatic ring is 1. The molecule has 1 heterocycles. The molecule has 1 aromatic carbocycles. The predicted molar refractivity (Wildman–Crippen MR) is 74.0 cm³/mol. The van der Waals surface area contributed by atoms with Gasteiger partial charge in [0.05, 0.1) is 7.11 Å². The maximum atomic E-state index is 12.1. The van der Waals surface area contributed by atoms with Crippen LogP contribution in [0.1, 0.15) is 16.1 Å². The number of aromatic amines is 1. The Kier molecular flexibility index (Phi) is 3.75. The number of nitrogens with zero attached hydrogens (tertiary/aromatic N) is 1. The van der Waals surface area contributed by atoms with E-state index in [0.29, 0.717) is 17.9 Å². The minimum atomic E-state index is -0.0903. The SMILES string of the molecule is COc1ccc(CN(C)C(=O)c2cc(N)c[nH]2)cc1. The van der Waals surface area contributed by atoms with Crippen molar-refractivity contribution in [2.75, 3.05) is 19.9 Å². The fraction of sp³-hybridized carbons (Fsp3) is 0.214. The Hall–Kier alpha value is -2.43. The Morgan fingerprint density at radius 3 is 2.58 bits per heavy atom. The Morgan fingerprint density at radius 2 is 2.05 bits per heavy atom. The molecule has 0 bridgehead atoms. The number of rotatable bonds is 4. The third kappa shape index (κ3) is 3.07. The molecule has 0 aliphatic rings. The lowest BCUT2D eigenvalue weighted by atomic mass is 10.2. The van der Waals surface area contributed by atoms with Crippen LogP contribution >= 0.6 is 0 Å². The van der Waals surface area contributed by atoms with Crippen LogP contribution in [0.2, 0.25) is 0 Å². The first-order valence-electron chi connectivity index (χ1n) is 5.92. The van der Waals surface area contributed by atoms with Crippen LogP contribution in [0.4, 0.5) is 5.69 Å². The van der Waals surface area contributed by atoms with Crippen molar-refractivity contribution < 1.29 is 9.53 Å². The van der Waals surface area contributed by atoms with Gasteiger partial charge in [0.1, 0.15) is 11.4 Å². The van der Waals surface area contributed by atoms with Gasteiger partial charge in [-0.25, -0.2) is 0 Å². The standard InChI is InChI=1S/C14H17N3O2/c1-17(14(18)13-7-11(15)8-16-13)9-10-3-5-12(19-2)6-4-10/h3-8,16H,9,15H2,1-2H3. The van der Waals surface area contributed by atoms with Gasteiger partial charge in [-0.15, -0.1) is 0 Å². The second-order valence-corrected chi connectivity index (χ2v) is 4.36. The largest absolute Gasteiger partial charge is 0.497 e. The van der Waals surface area contributed by atoms with Crippen LogP contribution in [-0.2, 0) is 6.54 Å². The lowest BCUT2D eigenvalue weighted by Crippen LogP contribution is -2.26. The predicted octanol–water partition coefficient (Wildman–Crippen LogP) is 1.88. The summed E-state index contributed by atoms with van der Waals surface area (Å²) in [6.45, 7) is 0.530. The van der Waals surface area contributed by atoms with Gasteiger partial charge >= 0.3 is 0 Å². The Labute approximate surface area is 112 Å².